The fourth-order valence-corrected chi connectivity index (χ4v) is 3.54. The number of nitrogens with zero attached hydrogens (tertiary/aromatic N) is 3. The molecule has 0 aromatic heterocycles. The number of carbonyl (C=O) groups excluding carboxylic acids is 3. The monoisotopic (exact) mass is 422 g/mol. The average molecular weight is 423 g/mol. The maximum absolute atomic E-state index is 13.2. The molecule has 0 saturated heterocycles. The predicted molar refractivity (Wildman–Crippen MR) is 116 cm³/mol. The van der Waals surface area contributed by atoms with Gasteiger partial charge in [-0.2, -0.15) is 0 Å². The smallest absolute Gasteiger partial charge is 0.254 e. The Morgan fingerprint density at radius 1 is 0.967 bits per heavy atom. The van der Waals surface area contributed by atoms with Crippen LogP contribution in [0.3, 0.4) is 0 Å². The molecule has 1 aromatic rings. The van der Waals surface area contributed by atoms with Gasteiger partial charge in [-0.3, -0.25) is 14.4 Å². The van der Waals surface area contributed by atoms with Gasteiger partial charge in [0.25, 0.3) is 11.8 Å². The molecule has 168 valence electrons. The number of aliphatic hydroxyl groups is 2. The van der Waals surface area contributed by atoms with Gasteiger partial charge < -0.3 is 30.2 Å². The predicted octanol–water partition coefficient (Wildman–Crippen LogP) is 0.239. The normalized spacial score (nSPS) is 11.6. The third-order valence-electron chi connectivity index (χ3n) is 5.28. The average Bonchev–Trinajstić information content (AvgIpc) is 2.71. The Bertz CT molecular complexity index is 796. The maximum Gasteiger partial charge on any atom is 0.254 e. The summed E-state index contributed by atoms with van der Waals surface area (Å²) in [5.74, 6) is -0.584. The van der Waals surface area contributed by atoms with Crippen LogP contribution < -0.4 is 5.32 Å². The van der Waals surface area contributed by atoms with E-state index in [1.807, 2.05) is 13.8 Å². The molecule has 9 nitrogen and oxygen atoms in total. The van der Waals surface area contributed by atoms with Gasteiger partial charge in [-0.1, -0.05) is 0 Å². The van der Waals surface area contributed by atoms with E-state index in [-0.39, 0.29) is 18.4 Å². The van der Waals surface area contributed by atoms with E-state index in [1.54, 1.807) is 35.1 Å². The van der Waals surface area contributed by atoms with Crippen LogP contribution in [0.1, 0.15) is 37.4 Å². The molecule has 1 unspecified atom stereocenters. The first-order chi connectivity index (χ1) is 14.0. The first-order valence-electron chi connectivity index (χ1n) is 9.78. The largest absolute Gasteiger partial charge is 0.394 e. The highest BCUT2D eigenvalue weighted by Crippen LogP contribution is 2.32. The maximum atomic E-state index is 13.2. The number of nitrogens with one attached hydrogen (secondary N) is 1. The number of rotatable bonds is 10. The second kappa shape index (κ2) is 10.9. The Hall–Kier alpha value is -2.65. The highest BCUT2D eigenvalue weighted by Gasteiger charge is 2.28. The molecule has 1 aromatic carbocycles. The summed E-state index contributed by atoms with van der Waals surface area (Å²) >= 11 is 0. The van der Waals surface area contributed by atoms with Crippen molar-refractivity contribution in [3.05, 3.63) is 27.8 Å². The number of amides is 3. The minimum atomic E-state index is -1.05. The fraction of sp³-hybridized carbons (Fsp3) is 0.571. The van der Waals surface area contributed by atoms with E-state index in [4.69, 9.17) is 5.11 Å². The molecule has 1 rings (SSSR count). The van der Waals surface area contributed by atoms with Crippen LogP contribution in [0.25, 0.3) is 0 Å². The summed E-state index contributed by atoms with van der Waals surface area (Å²) in [6, 6.07) is 0. The Morgan fingerprint density at radius 2 is 1.47 bits per heavy atom. The summed E-state index contributed by atoms with van der Waals surface area (Å²) in [5, 5.41) is 21.9. The molecule has 3 N–H and O–H groups in total. The third kappa shape index (κ3) is 5.48. The van der Waals surface area contributed by atoms with Crippen molar-refractivity contribution in [2.45, 2.75) is 26.9 Å². The van der Waals surface area contributed by atoms with E-state index < -0.39 is 12.7 Å². The topological polar surface area (TPSA) is 113 Å². The fourth-order valence-electron chi connectivity index (χ4n) is 3.54. The van der Waals surface area contributed by atoms with Crippen molar-refractivity contribution in [3.8, 4) is 0 Å². The molecule has 0 heterocycles. The standard InChI is InChI=1S/C21H34N4O5/c1-13-17(20(29)24(6)9-8-23(5)12-27)14(2)19(22-4)15(3)18(13)21(30)25(7)10-16(28)11-26/h12,16,22,26,28H,8-11H2,1-7H3. The summed E-state index contributed by atoms with van der Waals surface area (Å²) in [6.45, 7) is 5.64. The van der Waals surface area contributed by atoms with E-state index in [0.717, 1.165) is 5.56 Å². The number of hydrogen-bond acceptors (Lipinski definition) is 6. The van der Waals surface area contributed by atoms with Gasteiger partial charge in [0.05, 0.1) is 12.7 Å². The van der Waals surface area contributed by atoms with Crippen molar-refractivity contribution in [2.24, 2.45) is 0 Å². The number of likely N-dealkylation sites (N-methyl/N-ethyl adjacent to an activating group) is 3. The van der Waals surface area contributed by atoms with Crippen LogP contribution in [-0.4, -0.2) is 104 Å². The van der Waals surface area contributed by atoms with Crippen LogP contribution in [0.15, 0.2) is 0 Å². The SMILES string of the molecule is CNc1c(C)c(C(=O)N(C)CCN(C)C=O)c(C)c(C(=O)N(C)CC(O)CO)c1C. The van der Waals surface area contributed by atoms with Gasteiger partial charge in [0.15, 0.2) is 0 Å². The van der Waals surface area contributed by atoms with Crippen molar-refractivity contribution in [3.63, 3.8) is 0 Å². The van der Waals surface area contributed by atoms with Crippen molar-refractivity contribution in [1.82, 2.24) is 14.7 Å². The lowest BCUT2D eigenvalue weighted by atomic mass is 9.89. The summed E-state index contributed by atoms with van der Waals surface area (Å²) in [4.78, 5) is 41.5. The Labute approximate surface area is 178 Å². The van der Waals surface area contributed by atoms with Crippen LogP contribution in [0.2, 0.25) is 0 Å². The number of carbonyl (C=O) groups is 3. The van der Waals surface area contributed by atoms with Crippen LogP contribution in [-0.2, 0) is 4.79 Å². The molecule has 3 amide bonds. The van der Waals surface area contributed by atoms with Crippen molar-refractivity contribution in [1.29, 1.82) is 0 Å². The zero-order chi connectivity index (χ0) is 23.2. The zero-order valence-electron chi connectivity index (χ0n) is 18.9. The Kier molecular flexibility index (Phi) is 9.25. The molecule has 0 aliphatic rings. The summed E-state index contributed by atoms with van der Waals surface area (Å²) in [7, 11) is 6.57. The molecule has 9 heteroatoms. The summed E-state index contributed by atoms with van der Waals surface area (Å²) in [6.07, 6.45) is -0.344. The van der Waals surface area contributed by atoms with Gasteiger partial charge in [0.1, 0.15) is 0 Å². The molecular formula is C21H34N4O5. The van der Waals surface area contributed by atoms with Crippen LogP contribution in [0, 0.1) is 20.8 Å². The van der Waals surface area contributed by atoms with Gasteiger partial charge in [0, 0.05) is 64.6 Å². The van der Waals surface area contributed by atoms with E-state index in [0.29, 0.717) is 47.4 Å². The van der Waals surface area contributed by atoms with Crippen molar-refractivity contribution in [2.75, 3.05) is 59.7 Å². The lowest BCUT2D eigenvalue weighted by molar-refractivity contribution is -0.117. The molecular weight excluding hydrogens is 388 g/mol. The second-order valence-corrected chi connectivity index (χ2v) is 7.58. The van der Waals surface area contributed by atoms with E-state index >= 15 is 0 Å². The summed E-state index contributed by atoms with van der Waals surface area (Å²) in [5.41, 5.74) is 3.52. The lowest BCUT2D eigenvalue weighted by Gasteiger charge is -2.27. The number of aliphatic hydroxyl groups excluding tert-OH is 2. The molecule has 0 spiro atoms. The number of benzene rings is 1. The van der Waals surface area contributed by atoms with Crippen LogP contribution in [0.5, 0.6) is 0 Å². The molecule has 0 radical (unpaired) electrons. The molecule has 0 bridgehead atoms. The van der Waals surface area contributed by atoms with Gasteiger partial charge in [-0.05, 0) is 37.5 Å². The first kappa shape index (κ1) is 25.4. The Balaban J connectivity index is 3.44. The van der Waals surface area contributed by atoms with Crippen molar-refractivity contribution < 1.29 is 24.6 Å². The van der Waals surface area contributed by atoms with Crippen LogP contribution in [0.4, 0.5) is 5.69 Å². The van der Waals surface area contributed by atoms with Gasteiger partial charge in [-0.15, -0.1) is 0 Å². The van der Waals surface area contributed by atoms with E-state index in [1.165, 1.54) is 14.7 Å². The molecule has 1 atom stereocenters. The van der Waals surface area contributed by atoms with Gasteiger partial charge >= 0.3 is 0 Å². The third-order valence-corrected chi connectivity index (χ3v) is 5.28. The van der Waals surface area contributed by atoms with Crippen LogP contribution >= 0.6 is 0 Å². The number of anilines is 1. The van der Waals surface area contributed by atoms with E-state index in [2.05, 4.69) is 5.32 Å². The number of hydrogen-bond donors (Lipinski definition) is 3. The molecule has 30 heavy (non-hydrogen) atoms. The van der Waals surface area contributed by atoms with Gasteiger partial charge in [-0.25, -0.2) is 0 Å². The second-order valence-electron chi connectivity index (χ2n) is 7.58. The summed E-state index contributed by atoms with van der Waals surface area (Å²) < 4.78 is 0. The van der Waals surface area contributed by atoms with E-state index in [9.17, 15) is 19.5 Å². The molecule has 0 aliphatic carbocycles. The minimum Gasteiger partial charge on any atom is -0.394 e. The van der Waals surface area contributed by atoms with Crippen molar-refractivity contribution >= 4 is 23.9 Å². The highest BCUT2D eigenvalue weighted by molar-refractivity contribution is 6.06. The lowest BCUT2D eigenvalue weighted by Crippen LogP contribution is -2.38. The molecule has 0 fully saturated rings. The quantitative estimate of drug-likeness (QED) is 0.466. The Morgan fingerprint density at radius 3 is 1.90 bits per heavy atom. The molecule has 0 aliphatic heterocycles. The highest BCUT2D eigenvalue weighted by atomic mass is 16.3. The zero-order valence-corrected chi connectivity index (χ0v) is 18.9. The first-order valence-corrected chi connectivity index (χ1v) is 9.78. The minimum absolute atomic E-state index is 0.0296. The van der Waals surface area contributed by atoms with Gasteiger partial charge in [0.2, 0.25) is 6.41 Å². The molecule has 0 saturated carbocycles.